The van der Waals surface area contributed by atoms with Crippen LogP contribution in [-0.2, 0) is 17.9 Å². The minimum atomic E-state index is -0.705. The number of carboxylic acid groups (broad SMARTS) is 1. The number of nitrogens with one attached hydrogen (secondary N) is 1. The van der Waals surface area contributed by atoms with Gasteiger partial charge in [-0.05, 0) is 31.7 Å². The van der Waals surface area contributed by atoms with Crippen molar-refractivity contribution in [3.05, 3.63) is 18.2 Å². The van der Waals surface area contributed by atoms with Crippen molar-refractivity contribution in [2.24, 2.45) is 5.92 Å². The topological polar surface area (TPSA) is 67.2 Å². The van der Waals surface area contributed by atoms with Gasteiger partial charge in [-0.25, -0.2) is 4.98 Å². The summed E-state index contributed by atoms with van der Waals surface area (Å²) in [4.78, 5) is 14.6. The Morgan fingerprint density at radius 3 is 3.00 bits per heavy atom. The van der Waals surface area contributed by atoms with Gasteiger partial charge in [0, 0.05) is 25.7 Å². The molecule has 0 aliphatic rings. The lowest BCUT2D eigenvalue weighted by atomic mass is 10.0. The number of hydrogen-bond donors (Lipinski definition) is 2. The summed E-state index contributed by atoms with van der Waals surface area (Å²) in [5, 5.41) is 12.0. The van der Waals surface area contributed by atoms with Crippen molar-refractivity contribution in [3.63, 3.8) is 0 Å². The average molecular weight is 267 g/mol. The standard InChI is InChI=1S/C14H25N3O2/c1-3-8-17-11-16-10-13(17)9-15-7-6-12(2)4-5-14(18)19/h10-12,15H,3-9H2,1-2H3,(H,18,19). The maximum atomic E-state index is 10.5. The number of carbonyl (C=O) groups is 1. The Balaban J connectivity index is 2.16. The highest BCUT2D eigenvalue weighted by molar-refractivity contribution is 5.66. The van der Waals surface area contributed by atoms with Gasteiger partial charge in [0.05, 0.1) is 12.0 Å². The zero-order valence-electron chi connectivity index (χ0n) is 11.9. The number of imidazole rings is 1. The third kappa shape index (κ3) is 6.38. The van der Waals surface area contributed by atoms with E-state index in [2.05, 4.69) is 28.7 Å². The summed E-state index contributed by atoms with van der Waals surface area (Å²) in [5.41, 5.74) is 1.21. The summed E-state index contributed by atoms with van der Waals surface area (Å²) in [6.07, 6.45) is 6.91. The van der Waals surface area contributed by atoms with Crippen molar-refractivity contribution in [1.29, 1.82) is 0 Å². The smallest absolute Gasteiger partial charge is 0.303 e. The second-order valence-electron chi connectivity index (χ2n) is 5.08. The van der Waals surface area contributed by atoms with E-state index in [4.69, 9.17) is 5.11 Å². The first-order valence-electron chi connectivity index (χ1n) is 7.05. The Kier molecular flexibility index (Phi) is 7.18. The Morgan fingerprint density at radius 1 is 1.53 bits per heavy atom. The van der Waals surface area contributed by atoms with Crippen LogP contribution in [-0.4, -0.2) is 27.2 Å². The van der Waals surface area contributed by atoms with E-state index in [9.17, 15) is 4.79 Å². The molecule has 0 radical (unpaired) electrons. The molecule has 0 aromatic carbocycles. The Hall–Kier alpha value is -1.36. The SMILES string of the molecule is CCCn1cncc1CNCCC(C)CCC(=O)O. The molecule has 0 amide bonds. The number of rotatable bonds is 10. The largest absolute Gasteiger partial charge is 0.481 e. The number of nitrogens with zero attached hydrogens (tertiary/aromatic N) is 2. The summed E-state index contributed by atoms with van der Waals surface area (Å²) in [5.74, 6) is -0.257. The van der Waals surface area contributed by atoms with Gasteiger partial charge in [-0.2, -0.15) is 0 Å². The molecule has 0 saturated heterocycles. The monoisotopic (exact) mass is 267 g/mol. The second-order valence-corrected chi connectivity index (χ2v) is 5.08. The molecular formula is C14H25N3O2. The quantitative estimate of drug-likeness (QED) is 0.638. The fraction of sp³-hybridized carbons (Fsp3) is 0.714. The molecule has 0 fully saturated rings. The number of carboxylic acids is 1. The Morgan fingerprint density at radius 2 is 2.32 bits per heavy atom. The van der Waals surface area contributed by atoms with Crippen LogP contribution in [0.2, 0.25) is 0 Å². The van der Waals surface area contributed by atoms with Crippen LogP contribution in [0.15, 0.2) is 12.5 Å². The van der Waals surface area contributed by atoms with Gasteiger partial charge in [-0.1, -0.05) is 13.8 Å². The lowest BCUT2D eigenvalue weighted by Gasteiger charge is -2.11. The molecule has 5 heteroatoms. The van der Waals surface area contributed by atoms with E-state index in [0.29, 0.717) is 5.92 Å². The predicted molar refractivity (Wildman–Crippen MR) is 74.9 cm³/mol. The highest BCUT2D eigenvalue weighted by Gasteiger charge is 2.06. The van der Waals surface area contributed by atoms with Gasteiger partial charge in [0.2, 0.25) is 0 Å². The lowest BCUT2D eigenvalue weighted by molar-refractivity contribution is -0.137. The van der Waals surface area contributed by atoms with Crippen LogP contribution in [0.1, 0.15) is 45.2 Å². The normalized spacial score (nSPS) is 12.5. The predicted octanol–water partition coefficient (Wildman–Crippen LogP) is 2.27. The van der Waals surface area contributed by atoms with Crippen LogP contribution in [0.4, 0.5) is 0 Å². The fourth-order valence-corrected chi connectivity index (χ4v) is 2.02. The molecule has 1 heterocycles. The molecule has 5 nitrogen and oxygen atoms in total. The first-order chi connectivity index (χ1) is 9.13. The van der Waals surface area contributed by atoms with Gasteiger partial charge in [-0.3, -0.25) is 4.79 Å². The second kappa shape index (κ2) is 8.69. The first kappa shape index (κ1) is 15.7. The highest BCUT2D eigenvalue weighted by Crippen LogP contribution is 2.09. The third-order valence-corrected chi connectivity index (χ3v) is 3.23. The summed E-state index contributed by atoms with van der Waals surface area (Å²) >= 11 is 0. The first-order valence-corrected chi connectivity index (χ1v) is 7.05. The van der Waals surface area contributed by atoms with E-state index in [-0.39, 0.29) is 6.42 Å². The van der Waals surface area contributed by atoms with Crippen LogP contribution in [0.25, 0.3) is 0 Å². The number of aromatic nitrogens is 2. The van der Waals surface area contributed by atoms with Crippen molar-refractivity contribution < 1.29 is 9.90 Å². The molecule has 1 rings (SSSR count). The lowest BCUT2D eigenvalue weighted by Crippen LogP contribution is -2.19. The zero-order chi connectivity index (χ0) is 14.1. The molecule has 1 atom stereocenters. The van der Waals surface area contributed by atoms with Gasteiger partial charge >= 0.3 is 5.97 Å². The van der Waals surface area contributed by atoms with E-state index in [0.717, 1.165) is 38.9 Å². The van der Waals surface area contributed by atoms with Crippen LogP contribution in [0.3, 0.4) is 0 Å². The minimum Gasteiger partial charge on any atom is -0.481 e. The molecule has 0 spiro atoms. The van der Waals surface area contributed by atoms with Gasteiger partial charge in [0.25, 0.3) is 0 Å². The Labute approximate surface area is 115 Å². The third-order valence-electron chi connectivity index (χ3n) is 3.23. The van der Waals surface area contributed by atoms with Crippen LogP contribution in [0.5, 0.6) is 0 Å². The molecule has 0 bridgehead atoms. The van der Waals surface area contributed by atoms with Crippen LogP contribution >= 0.6 is 0 Å². The molecule has 1 aromatic rings. The fourth-order valence-electron chi connectivity index (χ4n) is 2.02. The Bertz CT molecular complexity index is 377. The number of aryl methyl sites for hydroxylation is 1. The van der Waals surface area contributed by atoms with Crippen molar-refractivity contribution in [2.75, 3.05) is 6.54 Å². The van der Waals surface area contributed by atoms with Crippen molar-refractivity contribution in [3.8, 4) is 0 Å². The summed E-state index contributed by atoms with van der Waals surface area (Å²) in [6, 6.07) is 0. The summed E-state index contributed by atoms with van der Waals surface area (Å²) in [7, 11) is 0. The van der Waals surface area contributed by atoms with E-state index in [1.165, 1.54) is 5.69 Å². The van der Waals surface area contributed by atoms with E-state index in [1.807, 2.05) is 12.5 Å². The molecule has 0 aliphatic heterocycles. The van der Waals surface area contributed by atoms with Gasteiger partial charge in [0.1, 0.15) is 0 Å². The summed E-state index contributed by atoms with van der Waals surface area (Å²) in [6.45, 7) is 7.00. The molecular weight excluding hydrogens is 242 g/mol. The number of hydrogen-bond acceptors (Lipinski definition) is 3. The molecule has 1 unspecified atom stereocenters. The minimum absolute atomic E-state index is 0.268. The molecule has 2 N–H and O–H groups in total. The van der Waals surface area contributed by atoms with E-state index >= 15 is 0 Å². The van der Waals surface area contributed by atoms with E-state index < -0.39 is 5.97 Å². The summed E-state index contributed by atoms with van der Waals surface area (Å²) < 4.78 is 2.17. The maximum absolute atomic E-state index is 10.5. The molecule has 0 saturated carbocycles. The maximum Gasteiger partial charge on any atom is 0.303 e. The average Bonchev–Trinajstić information content (AvgIpc) is 2.80. The van der Waals surface area contributed by atoms with Crippen molar-refractivity contribution >= 4 is 5.97 Å². The van der Waals surface area contributed by atoms with Crippen molar-refractivity contribution in [1.82, 2.24) is 14.9 Å². The molecule has 108 valence electrons. The highest BCUT2D eigenvalue weighted by atomic mass is 16.4. The van der Waals surface area contributed by atoms with Gasteiger partial charge in [0.15, 0.2) is 0 Å². The number of aliphatic carboxylic acids is 1. The van der Waals surface area contributed by atoms with Crippen LogP contribution in [0, 0.1) is 5.92 Å². The van der Waals surface area contributed by atoms with Crippen molar-refractivity contribution in [2.45, 2.75) is 52.6 Å². The van der Waals surface area contributed by atoms with Gasteiger partial charge in [-0.15, -0.1) is 0 Å². The van der Waals surface area contributed by atoms with Gasteiger partial charge < -0.3 is 15.0 Å². The molecule has 1 aromatic heterocycles. The molecule has 19 heavy (non-hydrogen) atoms. The van der Waals surface area contributed by atoms with E-state index in [1.54, 1.807) is 0 Å². The zero-order valence-corrected chi connectivity index (χ0v) is 11.9. The van der Waals surface area contributed by atoms with Crippen LogP contribution < -0.4 is 5.32 Å². The molecule has 0 aliphatic carbocycles.